The number of carboxylic acid groups (broad SMARTS) is 1. The van der Waals surface area contributed by atoms with Gasteiger partial charge in [0.1, 0.15) is 11.5 Å². The molecule has 0 saturated heterocycles. The standard InChI is InChI=1S/C20H22N4O4S/c1-3-27-16-9-5-14(6-10-16)21-19-22-23-20(29-13-18(25)26)24(19)15-7-11-17(12-8-15)28-4-2/h5-12H,3-4,13H2,1-2H3,(H,21,22)(H,25,26). The van der Waals surface area contributed by atoms with Crippen molar-refractivity contribution in [3.63, 3.8) is 0 Å². The van der Waals surface area contributed by atoms with Crippen molar-refractivity contribution in [2.24, 2.45) is 0 Å². The number of carbonyl (C=O) groups is 1. The van der Waals surface area contributed by atoms with Gasteiger partial charge in [-0.15, -0.1) is 10.2 Å². The molecule has 0 bridgehead atoms. The van der Waals surface area contributed by atoms with Gasteiger partial charge in [0.05, 0.1) is 24.7 Å². The summed E-state index contributed by atoms with van der Waals surface area (Å²) in [4.78, 5) is 11.0. The Kier molecular flexibility index (Phi) is 6.96. The van der Waals surface area contributed by atoms with Crippen LogP contribution in [0.1, 0.15) is 13.8 Å². The molecule has 0 unspecified atom stereocenters. The van der Waals surface area contributed by atoms with Gasteiger partial charge in [-0.2, -0.15) is 0 Å². The Balaban J connectivity index is 1.90. The second-order valence-corrected chi connectivity index (χ2v) is 6.78. The topological polar surface area (TPSA) is 98.5 Å². The first-order valence-corrected chi connectivity index (χ1v) is 10.1. The lowest BCUT2D eigenvalue weighted by atomic mass is 10.3. The zero-order valence-electron chi connectivity index (χ0n) is 16.2. The Labute approximate surface area is 172 Å². The third-order valence-electron chi connectivity index (χ3n) is 3.79. The molecule has 0 spiro atoms. The Hall–Kier alpha value is -3.20. The fourth-order valence-electron chi connectivity index (χ4n) is 2.59. The summed E-state index contributed by atoms with van der Waals surface area (Å²) in [5.41, 5.74) is 1.60. The van der Waals surface area contributed by atoms with Gasteiger partial charge in [-0.1, -0.05) is 11.8 Å². The summed E-state index contributed by atoms with van der Waals surface area (Å²) in [6, 6.07) is 15.0. The van der Waals surface area contributed by atoms with Crippen molar-refractivity contribution in [2.75, 3.05) is 24.3 Å². The summed E-state index contributed by atoms with van der Waals surface area (Å²) in [5, 5.41) is 21.1. The predicted octanol–water partition coefficient (Wildman–Crippen LogP) is 3.99. The van der Waals surface area contributed by atoms with Crippen LogP contribution in [0.25, 0.3) is 5.69 Å². The molecule has 3 aromatic rings. The van der Waals surface area contributed by atoms with Crippen molar-refractivity contribution in [3.05, 3.63) is 48.5 Å². The highest BCUT2D eigenvalue weighted by molar-refractivity contribution is 7.99. The molecule has 0 aliphatic heterocycles. The SMILES string of the molecule is CCOc1ccc(Nc2nnc(SCC(=O)O)n2-c2ccc(OCC)cc2)cc1. The molecule has 0 saturated carbocycles. The number of thioether (sulfide) groups is 1. The number of rotatable bonds is 10. The summed E-state index contributed by atoms with van der Waals surface area (Å²) in [6.45, 7) is 5.04. The number of benzene rings is 2. The smallest absolute Gasteiger partial charge is 0.313 e. The first-order valence-electron chi connectivity index (χ1n) is 9.13. The highest BCUT2D eigenvalue weighted by atomic mass is 32.2. The fraction of sp³-hybridized carbons (Fsp3) is 0.250. The van der Waals surface area contributed by atoms with Gasteiger partial charge < -0.3 is 19.9 Å². The van der Waals surface area contributed by atoms with Gasteiger partial charge in [-0.3, -0.25) is 9.36 Å². The van der Waals surface area contributed by atoms with Crippen molar-refractivity contribution < 1.29 is 19.4 Å². The van der Waals surface area contributed by atoms with Crippen molar-refractivity contribution in [1.82, 2.24) is 14.8 Å². The number of hydrogen-bond donors (Lipinski definition) is 2. The number of aliphatic carboxylic acids is 1. The molecule has 0 aliphatic carbocycles. The molecule has 8 nitrogen and oxygen atoms in total. The minimum atomic E-state index is -0.919. The van der Waals surface area contributed by atoms with Gasteiger partial charge in [0.2, 0.25) is 5.95 Å². The van der Waals surface area contributed by atoms with Crippen molar-refractivity contribution >= 4 is 29.4 Å². The summed E-state index contributed by atoms with van der Waals surface area (Å²) in [5.74, 6) is 0.982. The van der Waals surface area contributed by atoms with E-state index in [2.05, 4.69) is 15.5 Å². The quantitative estimate of drug-likeness (QED) is 0.481. The van der Waals surface area contributed by atoms with Gasteiger partial charge in [0, 0.05) is 5.69 Å². The molecule has 2 aromatic carbocycles. The third kappa shape index (κ3) is 5.41. The highest BCUT2D eigenvalue weighted by Crippen LogP contribution is 2.28. The second kappa shape index (κ2) is 9.83. The number of anilines is 2. The Morgan fingerprint density at radius 3 is 2.14 bits per heavy atom. The van der Waals surface area contributed by atoms with Crippen LogP contribution in [-0.2, 0) is 4.79 Å². The molecule has 29 heavy (non-hydrogen) atoms. The van der Waals surface area contributed by atoms with E-state index in [-0.39, 0.29) is 5.75 Å². The highest BCUT2D eigenvalue weighted by Gasteiger charge is 2.16. The van der Waals surface area contributed by atoms with Crippen molar-refractivity contribution in [2.45, 2.75) is 19.0 Å². The van der Waals surface area contributed by atoms with Crippen LogP contribution < -0.4 is 14.8 Å². The molecule has 3 rings (SSSR count). The normalized spacial score (nSPS) is 10.6. The van der Waals surface area contributed by atoms with Gasteiger partial charge in [-0.05, 0) is 62.4 Å². The number of ether oxygens (including phenoxy) is 2. The summed E-state index contributed by atoms with van der Waals surface area (Å²) < 4.78 is 12.7. The maximum atomic E-state index is 11.0. The molecule has 0 radical (unpaired) electrons. The van der Waals surface area contributed by atoms with Crippen LogP contribution in [-0.4, -0.2) is 44.8 Å². The van der Waals surface area contributed by atoms with Gasteiger partial charge in [0.25, 0.3) is 0 Å². The second-order valence-electron chi connectivity index (χ2n) is 5.83. The monoisotopic (exact) mass is 414 g/mol. The fourth-order valence-corrected chi connectivity index (χ4v) is 3.26. The maximum absolute atomic E-state index is 11.0. The molecule has 0 fully saturated rings. The van der Waals surface area contributed by atoms with Crippen LogP contribution in [0.2, 0.25) is 0 Å². The van der Waals surface area contributed by atoms with E-state index in [4.69, 9.17) is 14.6 Å². The van der Waals surface area contributed by atoms with Crippen LogP contribution in [0, 0.1) is 0 Å². The molecule has 2 N–H and O–H groups in total. The van der Waals surface area contributed by atoms with E-state index in [9.17, 15) is 4.79 Å². The minimum Gasteiger partial charge on any atom is -0.494 e. The zero-order valence-corrected chi connectivity index (χ0v) is 17.0. The number of aromatic nitrogens is 3. The molecule has 1 aromatic heterocycles. The van der Waals surface area contributed by atoms with Crippen molar-refractivity contribution in [1.29, 1.82) is 0 Å². The van der Waals surface area contributed by atoms with Crippen LogP contribution in [0.3, 0.4) is 0 Å². The Morgan fingerprint density at radius 1 is 1.00 bits per heavy atom. The zero-order chi connectivity index (χ0) is 20.6. The molecule has 0 amide bonds. The number of carboxylic acids is 1. The molecule has 0 atom stereocenters. The van der Waals surface area contributed by atoms with E-state index in [0.717, 1.165) is 34.6 Å². The van der Waals surface area contributed by atoms with E-state index in [0.29, 0.717) is 24.3 Å². The lowest BCUT2D eigenvalue weighted by Crippen LogP contribution is -2.05. The van der Waals surface area contributed by atoms with E-state index in [1.165, 1.54) is 0 Å². The number of hydrogen-bond acceptors (Lipinski definition) is 7. The molecule has 0 aliphatic rings. The molecule has 9 heteroatoms. The maximum Gasteiger partial charge on any atom is 0.313 e. The van der Waals surface area contributed by atoms with E-state index < -0.39 is 5.97 Å². The average Bonchev–Trinajstić information content (AvgIpc) is 3.11. The molecule has 1 heterocycles. The number of nitrogens with one attached hydrogen (secondary N) is 1. The minimum absolute atomic E-state index is 0.113. The van der Waals surface area contributed by atoms with Crippen LogP contribution in [0.5, 0.6) is 11.5 Å². The van der Waals surface area contributed by atoms with Crippen LogP contribution in [0.15, 0.2) is 53.7 Å². The lowest BCUT2D eigenvalue weighted by Gasteiger charge is -2.12. The van der Waals surface area contributed by atoms with E-state index in [1.54, 1.807) is 4.57 Å². The predicted molar refractivity (Wildman–Crippen MR) is 112 cm³/mol. The molecule has 152 valence electrons. The van der Waals surface area contributed by atoms with Gasteiger partial charge in [-0.25, -0.2) is 0 Å². The Bertz CT molecular complexity index is 942. The van der Waals surface area contributed by atoms with E-state index in [1.807, 2.05) is 62.4 Å². The first-order chi connectivity index (χ1) is 14.1. The molecular formula is C20H22N4O4S. The van der Waals surface area contributed by atoms with Crippen LogP contribution >= 0.6 is 11.8 Å². The summed E-state index contributed by atoms with van der Waals surface area (Å²) >= 11 is 1.10. The van der Waals surface area contributed by atoms with E-state index >= 15 is 0 Å². The van der Waals surface area contributed by atoms with Gasteiger partial charge in [0.15, 0.2) is 5.16 Å². The molecular weight excluding hydrogens is 392 g/mol. The van der Waals surface area contributed by atoms with Gasteiger partial charge >= 0.3 is 5.97 Å². The largest absolute Gasteiger partial charge is 0.494 e. The van der Waals surface area contributed by atoms with Crippen molar-refractivity contribution in [3.8, 4) is 17.2 Å². The third-order valence-corrected chi connectivity index (χ3v) is 4.70. The lowest BCUT2D eigenvalue weighted by molar-refractivity contribution is -0.133. The number of nitrogens with zero attached hydrogens (tertiary/aromatic N) is 3. The summed E-state index contributed by atoms with van der Waals surface area (Å²) in [7, 11) is 0. The van der Waals surface area contributed by atoms with Crippen LogP contribution in [0.4, 0.5) is 11.6 Å². The summed E-state index contributed by atoms with van der Waals surface area (Å²) in [6.07, 6.45) is 0. The average molecular weight is 414 g/mol. The Morgan fingerprint density at radius 2 is 1.59 bits per heavy atom. The first kappa shape index (κ1) is 20.5.